The number of ether oxygens (including phenoxy) is 1. The minimum Gasteiger partial charge on any atom is -0.467 e. The molecule has 1 aromatic heterocycles. The van der Waals surface area contributed by atoms with E-state index in [9.17, 15) is 0 Å². The first-order chi connectivity index (χ1) is 6.79. The molecule has 0 unspecified atom stereocenters. The van der Waals surface area contributed by atoms with E-state index < -0.39 is 0 Å². The molecule has 1 fully saturated rings. The smallest absolute Gasteiger partial charge is 0.129 e. The predicted octanol–water partition coefficient (Wildman–Crippen LogP) is 1.94. The van der Waals surface area contributed by atoms with Crippen LogP contribution in [0.15, 0.2) is 22.8 Å². The number of hydrogen-bond acceptors (Lipinski definition) is 3. The van der Waals surface area contributed by atoms with Crippen molar-refractivity contribution < 1.29 is 9.15 Å². The SMILES string of the molecule is CC1(OCc2ccco2)CCNCC1. The molecule has 1 saturated heterocycles. The molecule has 0 aromatic carbocycles. The lowest BCUT2D eigenvalue weighted by molar-refractivity contribution is -0.0676. The molecular weight excluding hydrogens is 178 g/mol. The summed E-state index contributed by atoms with van der Waals surface area (Å²) in [6.45, 7) is 4.86. The fourth-order valence-electron chi connectivity index (χ4n) is 1.74. The Kier molecular flexibility index (Phi) is 2.89. The maximum atomic E-state index is 5.88. The van der Waals surface area contributed by atoms with Gasteiger partial charge in [-0.25, -0.2) is 0 Å². The van der Waals surface area contributed by atoms with Gasteiger partial charge in [0.15, 0.2) is 0 Å². The van der Waals surface area contributed by atoms with Crippen molar-refractivity contribution in [3.05, 3.63) is 24.2 Å². The van der Waals surface area contributed by atoms with Gasteiger partial charge < -0.3 is 14.5 Å². The average Bonchev–Trinajstić information content (AvgIpc) is 2.69. The summed E-state index contributed by atoms with van der Waals surface area (Å²) in [5.74, 6) is 0.907. The molecule has 0 atom stereocenters. The van der Waals surface area contributed by atoms with Crippen LogP contribution in [0, 0.1) is 0 Å². The second-order valence-electron chi connectivity index (χ2n) is 4.07. The number of hydrogen-bond donors (Lipinski definition) is 1. The van der Waals surface area contributed by atoms with Crippen LogP contribution in [0.5, 0.6) is 0 Å². The summed E-state index contributed by atoms with van der Waals surface area (Å²) < 4.78 is 11.1. The first-order valence-electron chi connectivity index (χ1n) is 5.16. The van der Waals surface area contributed by atoms with Gasteiger partial charge in [-0.3, -0.25) is 0 Å². The van der Waals surface area contributed by atoms with E-state index in [0.717, 1.165) is 31.7 Å². The van der Waals surface area contributed by atoms with Crippen molar-refractivity contribution in [1.82, 2.24) is 5.32 Å². The zero-order valence-electron chi connectivity index (χ0n) is 8.58. The van der Waals surface area contributed by atoms with Crippen LogP contribution in [0.1, 0.15) is 25.5 Å². The summed E-state index contributed by atoms with van der Waals surface area (Å²) in [6.07, 6.45) is 3.84. The van der Waals surface area contributed by atoms with Gasteiger partial charge in [0.1, 0.15) is 12.4 Å². The molecule has 1 N–H and O–H groups in total. The van der Waals surface area contributed by atoms with Gasteiger partial charge in [-0.2, -0.15) is 0 Å². The maximum Gasteiger partial charge on any atom is 0.129 e. The lowest BCUT2D eigenvalue weighted by Crippen LogP contribution is -2.41. The van der Waals surface area contributed by atoms with Gasteiger partial charge in [-0.1, -0.05) is 0 Å². The molecular formula is C11H17NO2. The van der Waals surface area contributed by atoms with Crippen LogP contribution in [0.2, 0.25) is 0 Å². The van der Waals surface area contributed by atoms with Crippen molar-refractivity contribution in [2.75, 3.05) is 13.1 Å². The molecule has 1 aliphatic heterocycles. The minimum absolute atomic E-state index is 0.0258. The summed E-state index contributed by atoms with van der Waals surface area (Å²) in [6, 6.07) is 3.84. The Bertz CT molecular complexity index is 263. The van der Waals surface area contributed by atoms with Crippen LogP contribution in [0.3, 0.4) is 0 Å². The van der Waals surface area contributed by atoms with Gasteiger partial charge in [0, 0.05) is 0 Å². The highest BCUT2D eigenvalue weighted by Crippen LogP contribution is 2.23. The van der Waals surface area contributed by atoms with Crippen LogP contribution in [0.4, 0.5) is 0 Å². The molecule has 2 rings (SSSR count). The van der Waals surface area contributed by atoms with Crippen molar-refractivity contribution in [2.24, 2.45) is 0 Å². The molecule has 0 bridgehead atoms. The molecule has 3 heteroatoms. The lowest BCUT2D eigenvalue weighted by Gasteiger charge is -2.33. The number of piperidine rings is 1. The van der Waals surface area contributed by atoms with Gasteiger partial charge in [0.05, 0.1) is 11.9 Å². The Balaban J connectivity index is 1.84. The highest BCUT2D eigenvalue weighted by molar-refractivity contribution is 4.96. The van der Waals surface area contributed by atoms with Crippen LogP contribution >= 0.6 is 0 Å². The Hall–Kier alpha value is -0.800. The van der Waals surface area contributed by atoms with E-state index in [0.29, 0.717) is 6.61 Å². The van der Waals surface area contributed by atoms with Crippen molar-refractivity contribution in [1.29, 1.82) is 0 Å². The highest BCUT2D eigenvalue weighted by Gasteiger charge is 2.27. The Morgan fingerprint density at radius 2 is 2.29 bits per heavy atom. The van der Waals surface area contributed by atoms with Gasteiger partial charge in [0.25, 0.3) is 0 Å². The van der Waals surface area contributed by atoms with E-state index >= 15 is 0 Å². The van der Waals surface area contributed by atoms with E-state index in [1.807, 2.05) is 12.1 Å². The summed E-state index contributed by atoms with van der Waals surface area (Å²) in [4.78, 5) is 0. The maximum absolute atomic E-state index is 5.88. The largest absolute Gasteiger partial charge is 0.467 e. The zero-order chi connectivity index (χ0) is 9.86. The second-order valence-corrected chi connectivity index (χ2v) is 4.07. The van der Waals surface area contributed by atoms with Crippen molar-refractivity contribution >= 4 is 0 Å². The Morgan fingerprint density at radius 1 is 1.50 bits per heavy atom. The number of nitrogens with one attached hydrogen (secondary N) is 1. The van der Waals surface area contributed by atoms with E-state index in [2.05, 4.69) is 12.2 Å². The summed E-state index contributed by atoms with van der Waals surface area (Å²) in [7, 11) is 0. The molecule has 0 aliphatic carbocycles. The van der Waals surface area contributed by atoms with Crippen LogP contribution in [0.25, 0.3) is 0 Å². The standard InChI is InChI=1S/C11H17NO2/c1-11(4-6-12-7-5-11)14-9-10-3-2-8-13-10/h2-3,8,12H,4-7,9H2,1H3. The molecule has 2 heterocycles. The fraction of sp³-hybridized carbons (Fsp3) is 0.636. The van der Waals surface area contributed by atoms with Crippen LogP contribution < -0.4 is 5.32 Å². The monoisotopic (exact) mass is 195 g/mol. The Labute approximate surface area is 84.4 Å². The third-order valence-electron chi connectivity index (χ3n) is 2.80. The molecule has 1 aromatic rings. The summed E-state index contributed by atoms with van der Waals surface area (Å²) >= 11 is 0. The molecule has 0 saturated carbocycles. The quantitative estimate of drug-likeness (QED) is 0.800. The minimum atomic E-state index is 0.0258. The molecule has 0 amide bonds. The topological polar surface area (TPSA) is 34.4 Å². The fourth-order valence-corrected chi connectivity index (χ4v) is 1.74. The van der Waals surface area contributed by atoms with E-state index in [1.54, 1.807) is 6.26 Å². The van der Waals surface area contributed by atoms with Crippen LogP contribution in [-0.4, -0.2) is 18.7 Å². The van der Waals surface area contributed by atoms with Crippen molar-refractivity contribution in [2.45, 2.75) is 32.0 Å². The third kappa shape index (κ3) is 2.36. The molecule has 1 aliphatic rings. The predicted molar refractivity (Wildman–Crippen MR) is 54.0 cm³/mol. The molecule has 14 heavy (non-hydrogen) atoms. The van der Waals surface area contributed by atoms with E-state index in [1.165, 1.54) is 0 Å². The number of furan rings is 1. The van der Waals surface area contributed by atoms with E-state index in [4.69, 9.17) is 9.15 Å². The average molecular weight is 195 g/mol. The van der Waals surface area contributed by atoms with E-state index in [-0.39, 0.29) is 5.60 Å². The third-order valence-corrected chi connectivity index (χ3v) is 2.80. The van der Waals surface area contributed by atoms with Crippen LogP contribution in [-0.2, 0) is 11.3 Å². The second kappa shape index (κ2) is 4.15. The van der Waals surface area contributed by atoms with Gasteiger partial charge >= 0.3 is 0 Å². The summed E-state index contributed by atoms with van der Waals surface area (Å²) in [5.41, 5.74) is 0.0258. The highest BCUT2D eigenvalue weighted by atomic mass is 16.5. The number of rotatable bonds is 3. The van der Waals surface area contributed by atoms with Gasteiger partial charge in [0.2, 0.25) is 0 Å². The molecule has 0 radical (unpaired) electrons. The first-order valence-corrected chi connectivity index (χ1v) is 5.16. The first kappa shape index (κ1) is 9.74. The molecule has 78 valence electrons. The van der Waals surface area contributed by atoms with Gasteiger partial charge in [-0.15, -0.1) is 0 Å². The zero-order valence-corrected chi connectivity index (χ0v) is 8.58. The summed E-state index contributed by atoms with van der Waals surface area (Å²) in [5, 5.41) is 3.33. The molecule has 3 nitrogen and oxygen atoms in total. The van der Waals surface area contributed by atoms with Gasteiger partial charge in [-0.05, 0) is 45.0 Å². The lowest BCUT2D eigenvalue weighted by atomic mass is 9.95. The Morgan fingerprint density at radius 3 is 2.93 bits per heavy atom. The normalized spacial score (nSPS) is 20.9. The van der Waals surface area contributed by atoms with Crippen molar-refractivity contribution in [3.8, 4) is 0 Å². The molecule has 0 spiro atoms. The van der Waals surface area contributed by atoms with Crippen molar-refractivity contribution in [3.63, 3.8) is 0 Å².